The highest BCUT2D eigenvalue weighted by molar-refractivity contribution is 6.30. The average molecular weight is 295 g/mol. The van der Waals surface area contributed by atoms with E-state index in [1.54, 1.807) is 6.92 Å². The summed E-state index contributed by atoms with van der Waals surface area (Å²) in [5.74, 6) is 1.74. The Hall–Kier alpha value is -1.02. The fourth-order valence-corrected chi connectivity index (χ4v) is 3.07. The number of ketones is 1. The lowest BCUT2D eigenvalue weighted by molar-refractivity contribution is -0.117. The number of halogens is 1. The molecule has 0 unspecified atom stereocenters. The van der Waals surface area contributed by atoms with Gasteiger partial charge in [0.15, 0.2) is 0 Å². The summed E-state index contributed by atoms with van der Waals surface area (Å²) in [6.45, 7) is 2.22. The van der Waals surface area contributed by atoms with Gasteiger partial charge in [-0.1, -0.05) is 30.9 Å². The number of benzene rings is 1. The Balaban J connectivity index is 2.01. The van der Waals surface area contributed by atoms with Gasteiger partial charge in [-0.3, -0.25) is 0 Å². The van der Waals surface area contributed by atoms with Gasteiger partial charge in [0.1, 0.15) is 11.5 Å². The van der Waals surface area contributed by atoms with Crippen LogP contribution in [0.4, 0.5) is 0 Å². The summed E-state index contributed by atoms with van der Waals surface area (Å²) in [4.78, 5) is 10.9. The van der Waals surface area contributed by atoms with Crippen molar-refractivity contribution in [3.8, 4) is 5.75 Å². The first-order valence-electron chi connectivity index (χ1n) is 7.58. The molecule has 1 aliphatic carbocycles. The predicted octanol–water partition coefficient (Wildman–Crippen LogP) is 5.14. The van der Waals surface area contributed by atoms with E-state index in [0.29, 0.717) is 18.9 Å². The van der Waals surface area contributed by atoms with Crippen molar-refractivity contribution in [1.29, 1.82) is 0 Å². The average Bonchev–Trinajstić information content (AvgIpc) is 2.45. The highest BCUT2D eigenvalue weighted by atomic mass is 35.5. The molecule has 20 heavy (non-hydrogen) atoms. The lowest BCUT2D eigenvalue weighted by Crippen LogP contribution is -2.08. The highest BCUT2D eigenvalue weighted by Gasteiger charge is 2.19. The number of Topliss-reactive ketones (excluding diaryl/α,β-unsaturated/α-hetero) is 1. The maximum absolute atomic E-state index is 10.9. The topological polar surface area (TPSA) is 26.3 Å². The van der Waals surface area contributed by atoms with Gasteiger partial charge in [-0.2, -0.15) is 0 Å². The van der Waals surface area contributed by atoms with Gasteiger partial charge < -0.3 is 9.53 Å². The molecule has 0 bridgehead atoms. The van der Waals surface area contributed by atoms with Crippen LogP contribution >= 0.6 is 11.6 Å². The van der Waals surface area contributed by atoms with Crippen molar-refractivity contribution in [1.82, 2.24) is 0 Å². The molecule has 110 valence electrons. The Morgan fingerprint density at radius 1 is 1.30 bits per heavy atom. The van der Waals surface area contributed by atoms with Crippen molar-refractivity contribution in [2.75, 3.05) is 6.61 Å². The summed E-state index contributed by atoms with van der Waals surface area (Å²) < 4.78 is 5.88. The molecule has 2 rings (SSSR count). The summed E-state index contributed by atoms with van der Waals surface area (Å²) in [5.41, 5.74) is 1.25. The number of rotatable bonds is 6. The van der Waals surface area contributed by atoms with Crippen LogP contribution in [0.3, 0.4) is 0 Å². The molecule has 0 atom stereocenters. The standard InChI is InChI=1S/C17H23ClO2/c1-13(19)6-5-11-20-17-10-9-15(18)12-16(17)14-7-3-2-4-8-14/h9-10,12,14H,2-8,11H2,1H3. The molecule has 0 aromatic heterocycles. The molecular formula is C17H23ClO2. The van der Waals surface area contributed by atoms with Gasteiger partial charge in [-0.05, 0) is 55.9 Å². The van der Waals surface area contributed by atoms with Crippen molar-refractivity contribution in [2.24, 2.45) is 0 Å². The Morgan fingerprint density at radius 3 is 2.75 bits per heavy atom. The number of hydrogen-bond acceptors (Lipinski definition) is 2. The minimum absolute atomic E-state index is 0.220. The van der Waals surface area contributed by atoms with Crippen molar-refractivity contribution in [2.45, 2.75) is 57.8 Å². The normalized spacial score (nSPS) is 16.1. The summed E-state index contributed by atoms with van der Waals surface area (Å²) >= 11 is 6.14. The van der Waals surface area contributed by atoms with Crippen molar-refractivity contribution >= 4 is 17.4 Å². The van der Waals surface area contributed by atoms with E-state index in [9.17, 15) is 4.79 Å². The van der Waals surface area contributed by atoms with E-state index in [-0.39, 0.29) is 5.78 Å². The third kappa shape index (κ3) is 4.52. The molecule has 0 N–H and O–H groups in total. The lowest BCUT2D eigenvalue weighted by Gasteiger charge is -2.24. The second-order valence-electron chi connectivity index (χ2n) is 5.67. The SMILES string of the molecule is CC(=O)CCCOc1ccc(Cl)cc1C1CCCCC1. The predicted molar refractivity (Wildman–Crippen MR) is 82.7 cm³/mol. The molecule has 2 nitrogen and oxygen atoms in total. The summed E-state index contributed by atoms with van der Waals surface area (Å²) in [6, 6.07) is 5.91. The van der Waals surface area contributed by atoms with Gasteiger partial charge in [0.05, 0.1) is 6.61 Å². The number of ether oxygens (including phenoxy) is 1. The third-order valence-electron chi connectivity index (χ3n) is 3.95. The Kier molecular flexibility index (Phi) is 5.90. The molecule has 1 aromatic rings. The summed E-state index contributed by atoms with van der Waals surface area (Å²) in [7, 11) is 0. The molecule has 1 saturated carbocycles. The molecule has 0 spiro atoms. The zero-order valence-electron chi connectivity index (χ0n) is 12.2. The minimum atomic E-state index is 0.220. The Morgan fingerprint density at radius 2 is 2.05 bits per heavy atom. The van der Waals surface area contributed by atoms with E-state index in [1.807, 2.05) is 12.1 Å². The van der Waals surface area contributed by atoms with Gasteiger partial charge in [-0.15, -0.1) is 0 Å². The molecule has 0 aliphatic heterocycles. The zero-order chi connectivity index (χ0) is 14.4. The minimum Gasteiger partial charge on any atom is -0.493 e. The van der Waals surface area contributed by atoms with Gasteiger partial charge >= 0.3 is 0 Å². The van der Waals surface area contributed by atoms with Crippen LogP contribution in [0.1, 0.15) is 63.4 Å². The van der Waals surface area contributed by atoms with Crippen molar-refractivity contribution in [3.05, 3.63) is 28.8 Å². The quantitative estimate of drug-likeness (QED) is 0.679. The molecule has 3 heteroatoms. The van der Waals surface area contributed by atoms with Crippen molar-refractivity contribution < 1.29 is 9.53 Å². The Labute approximate surface area is 126 Å². The maximum atomic E-state index is 10.9. The fraction of sp³-hybridized carbons (Fsp3) is 0.588. The van der Waals surface area contributed by atoms with Crippen LogP contribution in [0.25, 0.3) is 0 Å². The van der Waals surface area contributed by atoms with E-state index < -0.39 is 0 Å². The van der Waals surface area contributed by atoms with Crippen LogP contribution in [0.15, 0.2) is 18.2 Å². The van der Waals surface area contributed by atoms with Crippen molar-refractivity contribution in [3.63, 3.8) is 0 Å². The van der Waals surface area contributed by atoms with E-state index >= 15 is 0 Å². The summed E-state index contributed by atoms with van der Waals surface area (Å²) in [6.07, 6.45) is 7.75. The molecule has 0 heterocycles. The largest absolute Gasteiger partial charge is 0.493 e. The second-order valence-corrected chi connectivity index (χ2v) is 6.11. The van der Waals surface area contributed by atoms with E-state index in [2.05, 4.69) is 6.07 Å². The van der Waals surface area contributed by atoms with Crippen LogP contribution in [0, 0.1) is 0 Å². The summed E-state index contributed by atoms with van der Waals surface area (Å²) in [5, 5.41) is 0.779. The van der Waals surface area contributed by atoms with Crippen LogP contribution in [0.5, 0.6) is 5.75 Å². The molecule has 0 radical (unpaired) electrons. The van der Waals surface area contributed by atoms with E-state index in [1.165, 1.54) is 37.7 Å². The lowest BCUT2D eigenvalue weighted by atomic mass is 9.84. The number of hydrogen-bond donors (Lipinski definition) is 0. The monoisotopic (exact) mass is 294 g/mol. The van der Waals surface area contributed by atoms with Gasteiger partial charge in [0, 0.05) is 11.4 Å². The molecule has 1 fully saturated rings. The molecule has 0 saturated heterocycles. The molecular weight excluding hydrogens is 272 g/mol. The van der Waals surface area contributed by atoms with Gasteiger partial charge in [0.25, 0.3) is 0 Å². The van der Waals surface area contributed by atoms with Crippen LogP contribution in [-0.2, 0) is 4.79 Å². The number of carbonyl (C=O) groups is 1. The first-order chi connectivity index (χ1) is 9.66. The highest BCUT2D eigenvalue weighted by Crippen LogP contribution is 2.38. The second kappa shape index (κ2) is 7.68. The van der Waals surface area contributed by atoms with Crippen LogP contribution in [-0.4, -0.2) is 12.4 Å². The van der Waals surface area contributed by atoms with E-state index in [4.69, 9.17) is 16.3 Å². The fourth-order valence-electron chi connectivity index (χ4n) is 2.89. The maximum Gasteiger partial charge on any atom is 0.129 e. The van der Waals surface area contributed by atoms with E-state index in [0.717, 1.165) is 17.2 Å². The molecule has 0 amide bonds. The third-order valence-corrected chi connectivity index (χ3v) is 4.18. The molecule has 1 aliphatic rings. The first-order valence-corrected chi connectivity index (χ1v) is 7.96. The Bertz CT molecular complexity index is 450. The van der Waals surface area contributed by atoms with Crippen LogP contribution < -0.4 is 4.74 Å². The zero-order valence-corrected chi connectivity index (χ0v) is 12.9. The first kappa shape index (κ1) is 15.4. The smallest absolute Gasteiger partial charge is 0.129 e. The van der Waals surface area contributed by atoms with Gasteiger partial charge in [0.2, 0.25) is 0 Å². The van der Waals surface area contributed by atoms with Crippen LogP contribution in [0.2, 0.25) is 5.02 Å². The number of carbonyl (C=O) groups excluding carboxylic acids is 1. The molecule has 1 aromatic carbocycles. The van der Waals surface area contributed by atoms with Gasteiger partial charge in [-0.25, -0.2) is 0 Å².